The van der Waals surface area contributed by atoms with Crippen LogP contribution in [0, 0.1) is 0 Å². The number of amides is 2. The van der Waals surface area contributed by atoms with E-state index < -0.39 is 27.9 Å². The second-order valence-corrected chi connectivity index (χ2v) is 6.88. The number of carbonyl (C=O) groups excluding carboxylic acids is 2. The third-order valence-corrected chi connectivity index (χ3v) is 4.88. The van der Waals surface area contributed by atoms with Crippen LogP contribution in [0.4, 0.5) is 18.0 Å². The molecule has 2 amide bonds. The van der Waals surface area contributed by atoms with Gasteiger partial charge in [0.25, 0.3) is 11.1 Å². The van der Waals surface area contributed by atoms with Crippen molar-refractivity contribution in [3.63, 3.8) is 0 Å². The Bertz CT molecular complexity index is 965. The molecule has 0 saturated carbocycles. The lowest BCUT2D eigenvalue weighted by molar-refractivity contribution is -0.137. The summed E-state index contributed by atoms with van der Waals surface area (Å²) in [6, 6.07) is 6.41. The van der Waals surface area contributed by atoms with E-state index in [4.69, 9.17) is 16.0 Å². The first kappa shape index (κ1) is 19.3. The number of hydrogen-bond acceptors (Lipinski definition) is 4. The van der Waals surface area contributed by atoms with Crippen LogP contribution in [0.2, 0.25) is 5.02 Å². The van der Waals surface area contributed by atoms with Crippen molar-refractivity contribution >= 4 is 40.6 Å². The van der Waals surface area contributed by atoms with Crippen LogP contribution in [0.1, 0.15) is 11.3 Å². The highest BCUT2D eigenvalue weighted by Crippen LogP contribution is 2.38. The predicted molar refractivity (Wildman–Crippen MR) is 97.0 cm³/mol. The van der Waals surface area contributed by atoms with Crippen molar-refractivity contribution in [1.29, 1.82) is 0 Å². The van der Waals surface area contributed by atoms with E-state index in [1.807, 2.05) is 0 Å². The first-order valence-electron chi connectivity index (χ1n) is 7.54. The zero-order valence-corrected chi connectivity index (χ0v) is 15.1. The maximum atomic E-state index is 13.0. The summed E-state index contributed by atoms with van der Waals surface area (Å²) < 4.78 is 44.5. The van der Waals surface area contributed by atoms with Crippen LogP contribution < -0.4 is 0 Å². The van der Waals surface area contributed by atoms with Crippen molar-refractivity contribution in [2.24, 2.45) is 0 Å². The van der Waals surface area contributed by atoms with Crippen molar-refractivity contribution in [2.75, 3.05) is 6.54 Å². The average molecular weight is 414 g/mol. The summed E-state index contributed by atoms with van der Waals surface area (Å²) in [5.74, 6) is -0.0694. The predicted octanol–water partition coefficient (Wildman–Crippen LogP) is 5.84. The minimum absolute atomic E-state index is 0.0937. The summed E-state index contributed by atoms with van der Waals surface area (Å²) in [6.45, 7) is 3.58. The molecule has 9 heteroatoms. The summed E-state index contributed by atoms with van der Waals surface area (Å²) in [5.41, 5.74) is -0.781. The Morgan fingerprint density at radius 2 is 1.96 bits per heavy atom. The first-order chi connectivity index (χ1) is 12.7. The zero-order valence-electron chi connectivity index (χ0n) is 13.5. The van der Waals surface area contributed by atoms with Gasteiger partial charge in [0.2, 0.25) is 0 Å². The average Bonchev–Trinajstić information content (AvgIpc) is 3.15. The van der Waals surface area contributed by atoms with Gasteiger partial charge in [-0.15, -0.1) is 6.58 Å². The molecule has 1 aromatic heterocycles. The third kappa shape index (κ3) is 3.96. The molecule has 140 valence electrons. The second kappa shape index (κ2) is 7.28. The fraction of sp³-hybridized carbons (Fsp3) is 0.111. The number of halogens is 4. The number of furan rings is 1. The van der Waals surface area contributed by atoms with Crippen molar-refractivity contribution in [1.82, 2.24) is 4.90 Å². The summed E-state index contributed by atoms with van der Waals surface area (Å²) >= 11 is 6.37. The second-order valence-electron chi connectivity index (χ2n) is 5.48. The minimum atomic E-state index is -4.59. The Balaban J connectivity index is 1.89. The van der Waals surface area contributed by atoms with Crippen LogP contribution in [0.25, 0.3) is 17.4 Å². The lowest BCUT2D eigenvalue weighted by Crippen LogP contribution is -2.27. The molecule has 27 heavy (non-hydrogen) atoms. The molecule has 0 atom stereocenters. The molecule has 3 rings (SSSR count). The molecule has 1 aliphatic heterocycles. The van der Waals surface area contributed by atoms with Crippen molar-refractivity contribution < 1.29 is 27.2 Å². The lowest BCUT2D eigenvalue weighted by atomic mass is 10.1. The minimum Gasteiger partial charge on any atom is -0.457 e. The molecular formula is C18H11ClF3NO3S. The molecule has 0 spiro atoms. The monoisotopic (exact) mass is 413 g/mol. The third-order valence-electron chi connectivity index (χ3n) is 3.64. The van der Waals surface area contributed by atoms with Gasteiger partial charge in [0.1, 0.15) is 11.5 Å². The van der Waals surface area contributed by atoms with Gasteiger partial charge in [-0.05, 0) is 42.1 Å². The SMILES string of the molecule is C=CCN1C(=O)S/C(=C\c2ccc(-c3ccc(Cl)c(C(F)(F)F)c3)o2)C1=O. The molecule has 1 aromatic carbocycles. The molecule has 0 N–H and O–H groups in total. The highest BCUT2D eigenvalue weighted by Gasteiger charge is 2.35. The summed E-state index contributed by atoms with van der Waals surface area (Å²) in [5, 5.41) is -0.834. The number of carbonyl (C=O) groups is 2. The largest absolute Gasteiger partial charge is 0.457 e. The van der Waals surface area contributed by atoms with Gasteiger partial charge in [0, 0.05) is 18.2 Å². The van der Waals surface area contributed by atoms with Crippen LogP contribution in [0.15, 0.2) is 52.3 Å². The normalized spacial score (nSPS) is 16.4. The Labute approximate surface area is 161 Å². The maximum absolute atomic E-state index is 13.0. The number of rotatable bonds is 4. The fourth-order valence-corrected chi connectivity index (χ4v) is 3.45. The van der Waals surface area contributed by atoms with Crippen LogP contribution in [-0.2, 0) is 11.0 Å². The Hall–Kier alpha value is -2.45. The Morgan fingerprint density at radius 1 is 1.22 bits per heavy atom. The zero-order chi connectivity index (χ0) is 19.8. The maximum Gasteiger partial charge on any atom is 0.417 e. The van der Waals surface area contributed by atoms with Gasteiger partial charge in [0.15, 0.2) is 0 Å². The van der Waals surface area contributed by atoms with Crippen LogP contribution in [0.5, 0.6) is 0 Å². The van der Waals surface area contributed by atoms with Crippen LogP contribution in [0.3, 0.4) is 0 Å². The van der Waals surface area contributed by atoms with Gasteiger partial charge in [-0.2, -0.15) is 13.2 Å². The Kier molecular flexibility index (Phi) is 5.21. The lowest BCUT2D eigenvalue weighted by Gasteiger charge is -2.09. The number of nitrogens with zero attached hydrogens (tertiary/aromatic N) is 1. The molecule has 0 radical (unpaired) electrons. The van der Waals surface area contributed by atoms with Gasteiger partial charge < -0.3 is 4.42 Å². The van der Waals surface area contributed by atoms with E-state index in [-0.39, 0.29) is 28.5 Å². The molecular weight excluding hydrogens is 403 g/mol. The van der Waals surface area contributed by atoms with Gasteiger partial charge in [0.05, 0.1) is 15.5 Å². The van der Waals surface area contributed by atoms with E-state index in [9.17, 15) is 22.8 Å². The van der Waals surface area contributed by atoms with Crippen molar-refractivity contribution in [3.8, 4) is 11.3 Å². The van der Waals surface area contributed by atoms with Crippen molar-refractivity contribution in [3.05, 3.63) is 64.2 Å². The van der Waals surface area contributed by atoms with Crippen molar-refractivity contribution in [2.45, 2.75) is 6.18 Å². The molecule has 2 heterocycles. The number of thioether (sulfide) groups is 1. The van der Waals surface area contributed by atoms with E-state index in [1.165, 1.54) is 30.4 Å². The Morgan fingerprint density at radius 3 is 2.63 bits per heavy atom. The van der Waals surface area contributed by atoms with E-state index >= 15 is 0 Å². The smallest absolute Gasteiger partial charge is 0.417 e. The van der Waals surface area contributed by atoms with E-state index in [1.54, 1.807) is 0 Å². The summed E-state index contributed by atoms with van der Waals surface area (Å²) in [6.07, 6.45) is -1.78. The van der Waals surface area contributed by atoms with Crippen LogP contribution >= 0.6 is 23.4 Å². The molecule has 0 bridgehead atoms. The first-order valence-corrected chi connectivity index (χ1v) is 8.73. The molecule has 1 aliphatic rings. The summed E-state index contributed by atoms with van der Waals surface area (Å²) in [7, 11) is 0. The number of alkyl halides is 3. The molecule has 2 aromatic rings. The molecule has 0 unspecified atom stereocenters. The fourth-order valence-electron chi connectivity index (χ4n) is 2.40. The quantitative estimate of drug-likeness (QED) is 0.466. The van der Waals surface area contributed by atoms with Crippen LogP contribution in [-0.4, -0.2) is 22.6 Å². The topological polar surface area (TPSA) is 50.5 Å². The molecule has 4 nitrogen and oxygen atoms in total. The highest BCUT2D eigenvalue weighted by molar-refractivity contribution is 8.18. The van der Waals surface area contributed by atoms with E-state index in [0.29, 0.717) is 0 Å². The number of hydrogen-bond donors (Lipinski definition) is 0. The molecule has 0 aliphatic carbocycles. The molecule has 1 fully saturated rings. The number of imide groups is 1. The van der Waals surface area contributed by atoms with Gasteiger partial charge in [-0.3, -0.25) is 14.5 Å². The van der Waals surface area contributed by atoms with Gasteiger partial charge in [-0.25, -0.2) is 0 Å². The van der Waals surface area contributed by atoms with Gasteiger partial charge in [-0.1, -0.05) is 17.7 Å². The van der Waals surface area contributed by atoms with E-state index in [0.717, 1.165) is 28.8 Å². The number of benzene rings is 1. The van der Waals surface area contributed by atoms with E-state index in [2.05, 4.69) is 6.58 Å². The molecule has 1 saturated heterocycles. The standard InChI is InChI=1S/C18H11ClF3NO3S/c1-2-7-23-16(24)15(27-17(23)25)9-11-4-6-14(26-11)10-3-5-13(19)12(8-10)18(20,21)22/h2-6,8-9H,1,7H2/b15-9-. The highest BCUT2D eigenvalue weighted by atomic mass is 35.5. The van der Waals surface area contributed by atoms with Gasteiger partial charge >= 0.3 is 6.18 Å². The summed E-state index contributed by atoms with van der Waals surface area (Å²) in [4.78, 5) is 25.2.